The highest BCUT2D eigenvalue weighted by Gasteiger charge is 2.38. The maximum Gasteiger partial charge on any atom is 0.322 e. The van der Waals surface area contributed by atoms with Gasteiger partial charge in [0, 0.05) is 17.3 Å². The molecule has 0 unspecified atom stereocenters. The summed E-state index contributed by atoms with van der Waals surface area (Å²) in [4.78, 5) is 28.7. The van der Waals surface area contributed by atoms with Crippen LogP contribution in [0.15, 0.2) is 71.1 Å². The van der Waals surface area contributed by atoms with E-state index in [1.165, 1.54) is 56.0 Å². The smallest absolute Gasteiger partial charge is 0.322 e. The van der Waals surface area contributed by atoms with Crippen LogP contribution in [0.1, 0.15) is 11.6 Å². The van der Waals surface area contributed by atoms with Crippen molar-refractivity contribution in [1.29, 1.82) is 0 Å². The van der Waals surface area contributed by atoms with E-state index in [0.29, 0.717) is 11.3 Å². The predicted molar refractivity (Wildman–Crippen MR) is 120 cm³/mol. The molecule has 11 heteroatoms. The largest absolute Gasteiger partial charge is 0.468 e. The summed E-state index contributed by atoms with van der Waals surface area (Å²) in [6.45, 7) is 0. The molecule has 0 fully saturated rings. The Hall–Kier alpha value is -3.44. The van der Waals surface area contributed by atoms with E-state index in [2.05, 4.69) is 15.0 Å². The fraction of sp³-hybridized carbons (Fsp3) is 0.190. The van der Waals surface area contributed by atoms with Crippen LogP contribution >= 0.6 is 11.3 Å². The fourth-order valence-electron chi connectivity index (χ4n) is 3.00. The molecule has 2 aromatic carbocycles. The number of nitrogens with one attached hydrogen (secondary N) is 2. The maximum atomic E-state index is 12.5. The standard InChI is InChI=1S/C21H21N3O6S2/c1-29-19(25)17(20(26)30-2)18(14-6-4-3-5-7-14)23-15-8-10-16(11-9-15)32(27,28)24-21-22-12-13-31-21/h3-13,17-18,23H,1-2H3,(H,22,24)/t18-/m0/s1. The molecule has 0 spiro atoms. The van der Waals surface area contributed by atoms with Gasteiger partial charge in [-0.15, -0.1) is 11.3 Å². The average Bonchev–Trinajstić information content (AvgIpc) is 3.31. The Morgan fingerprint density at radius 1 is 0.969 bits per heavy atom. The van der Waals surface area contributed by atoms with E-state index in [0.717, 1.165) is 0 Å². The maximum absolute atomic E-state index is 12.5. The third-order valence-electron chi connectivity index (χ3n) is 4.54. The first kappa shape index (κ1) is 23.2. The number of aromatic nitrogens is 1. The van der Waals surface area contributed by atoms with E-state index < -0.39 is 33.9 Å². The Balaban J connectivity index is 1.89. The second-order valence-corrected chi connectivity index (χ2v) is 9.10. The van der Waals surface area contributed by atoms with E-state index in [1.54, 1.807) is 35.7 Å². The molecule has 1 atom stereocenters. The second-order valence-electron chi connectivity index (χ2n) is 6.52. The number of nitrogens with zero attached hydrogens (tertiary/aromatic N) is 1. The molecule has 168 valence electrons. The van der Waals surface area contributed by atoms with Crippen molar-refractivity contribution in [3.63, 3.8) is 0 Å². The number of carbonyl (C=O) groups is 2. The van der Waals surface area contributed by atoms with Gasteiger partial charge in [0.05, 0.1) is 25.2 Å². The van der Waals surface area contributed by atoms with E-state index >= 15 is 0 Å². The van der Waals surface area contributed by atoms with Gasteiger partial charge in [-0.1, -0.05) is 30.3 Å². The van der Waals surface area contributed by atoms with Crippen molar-refractivity contribution >= 4 is 44.1 Å². The van der Waals surface area contributed by atoms with Gasteiger partial charge >= 0.3 is 11.9 Å². The van der Waals surface area contributed by atoms with E-state index in [-0.39, 0.29) is 10.0 Å². The molecule has 3 rings (SSSR count). The Morgan fingerprint density at radius 2 is 1.59 bits per heavy atom. The summed E-state index contributed by atoms with van der Waals surface area (Å²) in [5.41, 5.74) is 1.14. The average molecular weight is 476 g/mol. The lowest BCUT2D eigenvalue weighted by molar-refractivity contribution is -0.159. The lowest BCUT2D eigenvalue weighted by Gasteiger charge is -2.26. The van der Waals surface area contributed by atoms with Gasteiger partial charge in [-0.05, 0) is 29.8 Å². The molecule has 32 heavy (non-hydrogen) atoms. The molecule has 1 heterocycles. The van der Waals surface area contributed by atoms with Crippen molar-refractivity contribution in [2.45, 2.75) is 10.9 Å². The normalized spacial score (nSPS) is 12.1. The number of ether oxygens (including phenoxy) is 2. The number of hydrogen-bond acceptors (Lipinski definition) is 9. The lowest BCUT2D eigenvalue weighted by Crippen LogP contribution is -2.35. The van der Waals surface area contributed by atoms with Crippen LogP contribution in [0.5, 0.6) is 0 Å². The number of benzene rings is 2. The Labute approximate surface area is 189 Å². The summed E-state index contributed by atoms with van der Waals surface area (Å²) in [7, 11) is -1.43. The zero-order valence-corrected chi connectivity index (χ0v) is 18.9. The molecule has 0 bridgehead atoms. The van der Waals surface area contributed by atoms with E-state index in [1.807, 2.05) is 0 Å². The highest BCUT2D eigenvalue weighted by Crippen LogP contribution is 2.30. The summed E-state index contributed by atoms with van der Waals surface area (Å²) < 4.78 is 37.1. The van der Waals surface area contributed by atoms with Gasteiger partial charge < -0.3 is 14.8 Å². The third-order valence-corrected chi connectivity index (χ3v) is 6.72. The monoisotopic (exact) mass is 475 g/mol. The van der Waals surface area contributed by atoms with E-state index in [9.17, 15) is 18.0 Å². The summed E-state index contributed by atoms with van der Waals surface area (Å²) in [6.07, 6.45) is 1.50. The SMILES string of the molecule is COC(=O)C(C(=O)OC)[C@@H](Nc1ccc(S(=O)(=O)Nc2nccs2)cc1)c1ccccc1. The van der Waals surface area contributed by atoms with Crippen molar-refractivity contribution < 1.29 is 27.5 Å². The Kier molecular flexibility index (Phi) is 7.44. The highest BCUT2D eigenvalue weighted by molar-refractivity contribution is 7.93. The summed E-state index contributed by atoms with van der Waals surface area (Å²) >= 11 is 1.17. The van der Waals surface area contributed by atoms with Crippen molar-refractivity contribution in [1.82, 2.24) is 4.98 Å². The number of sulfonamides is 1. The summed E-state index contributed by atoms with van der Waals surface area (Å²) in [6, 6.07) is 14.0. The molecule has 9 nitrogen and oxygen atoms in total. The van der Waals surface area contributed by atoms with Crippen LogP contribution in [-0.4, -0.2) is 39.6 Å². The van der Waals surface area contributed by atoms with Crippen LogP contribution in [0.2, 0.25) is 0 Å². The number of hydrogen-bond donors (Lipinski definition) is 2. The topological polar surface area (TPSA) is 124 Å². The van der Waals surface area contributed by atoms with Crippen molar-refractivity contribution in [3.8, 4) is 0 Å². The highest BCUT2D eigenvalue weighted by atomic mass is 32.2. The minimum atomic E-state index is -3.81. The Morgan fingerprint density at radius 3 is 2.12 bits per heavy atom. The predicted octanol–water partition coefficient (Wildman–Crippen LogP) is 3.06. The first-order valence-electron chi connectivity index (χ1n) is 9.35. The van der Waals surface area contributed by atoms with Crippen molar-refractivity contribution in [3.05, 3.63) is 71.7 Å². The van der Waals surface area contributed by atoms with Gasteiger partial charge in [-0.2, -0.15) is 0 Å². The van der Waals surface area contributed by atoms with Gasteiger partial charge in [0.15, 0.2) is 11.0 Å². The molecular formula is C21H21N3O6S2. The molecule has 0 saturated carbocycles. The van der Waals surface area contributed by atoms with Crippen molar-refractivity contribution in [2.24, 2.45) is 5.92 Å². The molecule has 0 aliphatic carbocycles. The number of thiazole rings is 1. The molecule has 0 aliphatic rings. The number of carbonyl (C=O) groups excluding carboxylic acids is 2. The van der Waals surface area contributed by atoms with Crippen LogP contribution in [0, 0.1) is 5.92 Å². The first-order chi connectivity index (χ1) is 15.4. The van der Waals surface area contributed by atoms with E-state index in [4.69, 9.17) is 9.47 Å². The first-order valence-corrected chi connectivity index (χ1v) is 11.7. The van der Waals surface area contributed by atoms with Gasteiger partial charge in [-0.25, -0.2) is 13.4 Å². The quantitative estimate of drug-likeness (QED) is 0.357. The molecule has 0 saturated heterocycles. The molecule has 0 radical (unpaired) electrons. The minimum Gasteiger partial charge on any atom is -0.468 e. The van der Waals surface area contributed by atoms with Gasteiger partial charge in [0.2, 0.25) is 0 Å². The fourth-order valence-corrected chi connectivity index (χ4v) is 4.79. The van der Waals surface area contributed by atoms with Gasteiger partial charge in [0.25, 0.3) is 10.0 Å². The number of anilines is 2. The van der Waals surface area contributed by atoms with Gasteiger partial charge in [0.1, 0.15) is 0 Å². The van der Waals surface area contributed by atoms with Crippen LogP contribution in [0.3, 0.4) is 0 Å². The molecule has 1 aromatic heterocycles. The molecule has 2 N–H and O–H groups in total. The zero-order valence-electron chi connectivity index (χ0n) is 17.2. The van der Waals surface area contributed by atoms with Crippen LogP contribution in [-0.2, 0) is 29.1 Å². The van der Waals surface area contributed by atoms with Crippen molar-refractivity contribution in [2.75, 3.05) is 24.3 Å². The van der Waals surface area contributed by atoms with Crippen LogP contribution in [0.25, 0.3) is 0 Å². The van der Waals surface area contributed by atoms with Crippen LogP contribution < -0.4 is 10.0 Å². The molecular weight excluding hydrogens is 454 g/mol. The Bertz CT molecular complexity index is 1130. The summed E-state index contributed by atoms with van der Waals surface area (Å²) in [5, 5.41) is 5.04. The number of esters is 2. The molecule has 3 aromatic rings. The molecule has 0 aliphatic heterocycles. The van der Waals surface area contributed by atoms with Gasteiger partial charge in [-0.3, -0.25) is 14.3 Å². The van der Waals surface area contributed by atoms with Crippen LogP contribution in [0.4, 0.5) is 10.8 Å². The lowest BCUT2D eigenvalue weighted by atomic mass is 9.92. The third kappa shape index (κ3) is 5.42. The number of rotatable bonds is 9. The molecule has 0 amide bonds. The number of methoxy groups -OCH3 is 2. The zero-order chi connectivity index (χ0) is 23.1. The second kappa shape index (κ2) is 10.2. The summed E-state index contributed by atoms with van der Waals surface area (Å²) in [5.74, 6) is -2.79. The minimum absolute atomic E-state index is 0.0343.